The molecular formula is C24H37N3O7. The number of aryl methyl sites for hydroxylation is 1. The molecule has 10 nitrogen and oxygen atoms in total. The first-order chi connectivity index (χ1) is 15.7. The third-order valence-electron chi connectivity index (χ3n) is 5.08. The van der Waals surface area contributed by atoms with E-state index in [4.69, 9.17) is 4.74 Å². The molecule has 0 radical (unpaired) electrons. The number of esters is 1. The molecule has 0 aliphatic carbocycles. The molecule has 0 aliphatic rings. The first-order valence-corrected chi connectivity index (χ1v) is 11.1. The monoisotopic (exact) mass is 479 g/mol. The van der Waals surface area contributed by atoms with Crippen molar-refractivity contribution in [2.75, 3.05) is 20.3 Å². The van der Waals surface area contributed by atoms with Crippen molar-refractivity contribution >= 4 is 23.9 Å². The van der Waals surface area contributed by atoms with Gasteiger partial charge < -0.3 is 30.1 Å². The van der Waals surface area contributed by atoms with Crippen LogP contribution in [0.5, 0.6) is 0 Å². The molecule has 0 aromatic heterocycles. The number of hydrogen-bond acceptors (Lipinski definition) is 7. The van der Waals surface area contributed by atoms with Gasteiger partial charge in [0.1, 0.15) is 24.2 Å². The van der Waals surface area contributed by atoms with Crippen molar-refractivity contribution in [2.24, 2.45) is 0 Å². The van der Waals surface area contributed by atoms with Gasteiger partial charge in [0.2, 0.25) is 11.8 Å². The third-order valence-corrected chi connectivity index (χ3v) is 5.08. The van der Waals surface area contributed by atoms with Crippen LogP contribution in [-0.2, 0) is 23.9 Å². The zero-order valence-corrected chi connectivity index (χ0v) is 21.2. The summed E-state index contributed by atoms with van der Waals surface area (Å²) in [6.45, 7) is 11.1. The van der Waals surface area contributed by atoms with Crippen LogP contribution in [0.25, 0.3) is 0 Å². The molecule has 0 saturated heterocycles. The van der Waals surface area contributed by atoms with Crippen molar-refractivity contribution in [1.29, 1.82) is 0 Å². The van der Waals surface area contributed by atoms with Crippen molar-refractivity contribution in [3.8, 4) is 0 Å². The van der Waals surface area contributed by atoms with Gasteiger partial charge in [-0.25, -0.2) is 4.79 Å². The zero-order valence-electron chi connectivity index (χ0n) is 21.2. The summed E-state index contributed by atoms with van der Waals surface area (Å²) in [6, 6.07) is 2.39. The number of rotatable bonds is 9. The Labute approximate surface area is 201 Å². The standard InChI is InChI=1S/C24H37N3O7/c1-14(2)27(22(31)18(13-28)26-23(32)34-24(5,6)7)20(21(30)25-12-19(29)33-8)17-11-9-10-15(3)16(17)4/h9-11,14,18,20,28H,12-13H2,1-8H3,(H,25,30)(H,26,32). The summed E-state index contributed by atoms with van der Waals surface area (Å²) in [5.41, 5.74) is 1.45. The fraction of sp³-hybridized carbons (Fsp3) is 0.583. The Bertz CT molecular complexity index is 893. The van der Waals surface area contributed by atoms with E-state index in [2.05, 4.69) is 15.4 Å². The molecule has 0 spiro atoms. The Morgan fingerprint density at radius 2 is 1.74 bits per heavy atom. The molecule has 0 heterocycles. The highest BCUT2D eigenvalue weighted by Crippen LogP contribution is 2.29. The molecular weight excluding hydrogens is 442 g/mol. The van der Waals surface area contributed by atoms with Crippen LogP contribution in [0.4, 0.5) is 4.79 Å². The fourth-order valence-corrected chi connectivity index (χ4v) is 3.31. The van der Waals surface area contributed by atoms with Gasteiger partial charge in [0.05, 0.1) is 13.7 Å². The third kappa shape index (κ3) is 8.02. The van der Waals surface area contributed by atoms with Crippen molar-refractivity contribution in [1.82, 2.24) is 15.5 Å². The lowest BCUT2D eigenvalue weighted by atomic mass is 9.94. The lowest BCUT2D eigenvalue weighted by molar-refractivity contribution is -0.146. The Hall–Kier alpha value is -3.14. The Balaban J connectivity index is 3.43. The Morgan fingerprint density at radius 3 is 2.24 bits per heavy atom. The van der Waals surface area contributed by atoms with E-state index < -0.39 is 54.2 Å². The lowest BCUT2D eigenvalue weighted by Gasteiger charge is -2.37. The van der Waals surface area contributed by atoms with Gasteiger partial charge >= 0.3 is 12.1 Å². The van der Waals surface area contributed by atoms with Gasteiger partial charge in [-0.1, -0.05) is 18.2 Å². The van der Waals surface area contributed by atoms with E-state index in [1.54, 1.807) is 46.8 Å². The summed E-state index contributed by atoms with van der Waals surface area (Å²) >= 11 is 0. The summed E-state index contributed by atoms with van der Waals surface area (Å²) < 4.78 is 9.80. The minimum absolute atomic E-state index is 0.379. The fourth-order valence-electron chi connectivity index (χ4n) is 3.31. The molecule has 1 aromatic carbocycles. The Kier molecular flexibility index (Phi) is 10.5. The number of alkyl carbamates (subject to hydrolysis) is 1. The van der Waals surface area contributed by atoms with E-state index in [1.807, 2.05) is 19.9 Å². The second-order valence-electron chi connectivity index (χ2n) is 9.21. The molecule has 1 aromatic rings. The second kappa shape index (κ2) is 12.4. The molecule has 3 amide bonds. The van der Waals surface area contributed by atoms with Crippen LogP contribution in [0.15, 0.2) is 18.2 Å². The van der Waals surface area contributed by atoms with E-state index in [1.165, 1.54) is 12.0 Å². The molecule has 0 saturated carbocycles. The summed E-state index contributed by atoms with van der Waals surface area (Å²) in [4.78, 5) is 52.0. The number of nitrogens with one attached hydrogen (secondary N) is 2. The Morgan fingerprint density at radius 1 is 1.12 bits per heavy atom. The number of aliphatic hydroxyl groups is 1. The number of carbonyl (C=O) groups is 4. The maximum atomic E-state index is 13.6. The number of methoxy groups -OCH3 is 1. The molecule has 10 heteroatoms. The van der Waals surface area contributed by atoms with E-state index in [-0.39, 0.29) is 6.54 Å². The SMILES string of the molecule is COC(=O)CNC(=O)C(c1cccc(C)c1C)N(C(=O)C(CO)NC(=O)OC(C)(C)C)C(C)C. The maximum absolute atomic E-state index is 13.6. The molecule has 0 bridgehead atoms. The minimum atomic E-state index is -1.35. The summed E-state index contributed by atoms with van der Waals surface area (Å²) in [6.07, 6.45) is -0.873. The smallest absolute Gasteiger partial charge is 0.408 e. The minimum Gasteiger partial charge on any atom is -0.468 e. The van der Waals surface area contributed by atoms with E-state index in [0.29, 0.717) is 5.56 Å². The van der Waals surface area contributed by atoms with Gasteiger partial charge in [-0.2, -0.15) is 0 Å². The topological polar surface area (TPSA) is 134 Å². The zero-order chi connectivity index (χ0) is 26.2. The number of aliphatic hydroxyl groups excluding tert-OH is 1. The molecule has 1 rings (SSSR count). The van der Waals surface area contributed by atoms with Gasteiger partial charge in [0, 0.05) is 6.04 Å². The first kappa shape index (κ1) is 28.9. The van der Waals surface area contributed by atoms with Gasteiger partial charge in [0.25, 0.3) is 0 Å². The predicted molar refractivity (Wildman–Crippen MR) is 126 cm³/mol. The number of ether oxygens (including phenoxy) is 2. The lowest BCUT2D eigenvalue weighted by Crippen LogP contribution is -2.56. The largest absolute Gasteiger partial charge is 0.468 e. The van der Waals surface area contributed by atoms with Crippen LogP contribution in [-0.4, -0.2) is 71.8 Å². The normalized spacial score (nSPS) is 13.0. The van der Waals surface area contributed by atoms with Crippen molar-refractivity contribution in [3.63, 3.8) is 0 Å². The van der Waals surface area contributed by atoms with E-state index >= 15 is 0 Å². The van der Waals surface area contributed by atoms with Crippen LogP contribution in [0.2, 0.25) is 0 Å². The van der Waals surface area contributed by atoms with Crippen LogP contribution < -0.4 is 10.6 Å². The number of amides is 3. The maximum Gasteiger partial charge on any atom is 0.408 e. The summed E-state index contributed by atoms with van der Waals surface area (Å²) in [5.74, 6) is -1.92. The van der Waals surface area contributed by atoms with Crippen molar-refractivity contribution in [2.45, 2.75) is 72.2 Å². The van der Waals surface area contributed by atoms with Gasteiger partial charge in [-0.15, -0.1) is 0 Å². The molecule has 2 atom stereocenters. The molecule has 34 heavy (non-hydrogen) atoms. The number of hydrogen-bond donors (Lipinski definition) is 3. The van der Waals surface area contributed by atoms with Crippen LogP contribution in [0.3, 0.4) is 0 Å². The highest BCUT2D eigenvalue weighted by molar-refractivity contribution is 5.93. The van der Waals surface area contributed by atoms with Crippen molar-refractivity contribution < 1.29 is 33.8 Å². The van der Waals surface area contributed by atoms with E-state index in [0.717, 1.165) is 11.1 Å². The average molecular weight is 480 g/mol. The quantitative estimate of drug-likeness (QED) is 0.459. The molecule has 190 valence electrons. The van der Waals surface area contributed by atoms with Gasteiger partial charge in [0.15, 0.2) is 0 Å². The van der Waals surface area contributed by atoms with Gasteiger partial charge in [-0.3, -0.25) is 14.4 Å². The highest BCUT2D eigenvalue weighted by Gasteiger charge is 2.38. The van der Waals surface area contributed by atoms with Crippen LogP contribution >= 0.6 is 0 Å². The number of nitrogens with zero attached hydrogens (tertiary/aromatic N) is 1. The summed E-state index contributed by atoms with van der Waals surface area (Å²) in [5, 5.41) is 14.8. The average Bonchev–Trinajstić information content (AvgIpc) is 2.74. The predicted octanol–water partition coefficient (Wildman–Crippen LogP) is 1.76. The first-order valence-electron chi connectivity index (χ1n) is 11.1. The van der Waals surface area contributed by atoms with Crippen molar-refractivity contribution in [3.05, 3.63) is 34.9 Å². The second-order valence-corrected chi connectivity index (χ2v) is 9.21. The molecule has 3 N–H and O–H groups in total. The highest BCUT2D eigenvalue weighted by atomic mass is 16.6. The molecule has 0 aliphatic heterocycles. The van der Waals surface area contributed by atoms with Gasteiger partial charge in [-0.05, 0) is 65.2 Å². The number of carbonyl (C=O) groups excluding carboxylic acids is 4. The summed E-state index contributed by atoms with van der Waals surface area (Å²) in [7, 11) is 1.20. The van der Waals surface area contributed by atoms with E-state index in [9.17, 15) is 24.3 Å². The number of benzene rings is 1. The van der Waals surface area contributed by atoms with Crippen LogP contribution in [0, 0.1) is 13.8 Å². The van der Waals surface area contributed by atoms with Crippen LogP contribution in [0.1, 0.15) is 57.4 Å². The molecule has 2 unspecified atom stereocenters. The molecule has 0 fully saturated rings.